The smallest absolute Gasteiger partial charge is 0.167 e. The van der Waals surface area contributed by atoms with Gasteiger partial charge in [0.05, 0.1) is 6.33 Å². The number of rotatable bonds is 2. The maximum absolute atomic E-state index is 6.13. The van der Waals surface area contributed by atoms with Gasteiger partial charge in [0.25, 0.3) is 0 Å². The second-order valence-electron chi connectivity index (χ2n) is 5.96. The average molecular weight is 429 g/mol. The summed E-state index contributed by atoms with van der Waals surface area (Å²) in [5.74, 6) is -0.310. The lowest BCUT2D eigenvalue weighted by atomic mass is 10.1. The topological polar surface area (TPSA) is 97.3 Å². The van der Waals surface area contributed by atoms with Gasteiger partial charge in [0.15, 0.2) is 23.5 Å². The summed E-state index contributed by atoms with van der Waals surface area (Å²) in [6, 6.07) is 0. The van der Waals surface area contributed by atoms with Crippen molar-refractivity contribution >= 4 is 39.6 Å². The van der Waals surface area contributed by atoms with E-state index in [0.29, 0.717) is 17.0 Å². The second-order valence-corrected chi connectivity index (χ2v) is 6.68. The van der Waals surface area contributed by atoms with Crippen LogP contribution in [0, 0.1) is 0 Å². The normalized spacial score (nSPS) is 32.8. The molecule has 0 aromatic carbocycles. The number of nitrogen functional groups attached to an aromatic ring is 1. The zero-order chi connectivity index (χ0) is 16.2. The summed E-state index contributed by atoms with van der Waals surface area (Å²) in [5, 5.41) is 0. The van der Waals surface area contributed by atoms with E-state index in [-0.39, 0.29) is 18.3 Å². The molecule has 2 aromatic heterocycles. The van der Waals surface area contributed by atoms with Gasteiger partial charge in [-0.1, -0.05) is 22.6 Å². The molecule has 4 heterocycles. The van der Waals surface area contributed by atoms with Crippen molar-refractivity contribution < 1.29 is 14.2 Å². The fourth-order valence-corrected chi connectivity index (χ4v) is 3.52. The van der Waals surface area contributed by atoms with E-state index in [1.54, 1.807) is 6.33 Å². The first-order chi connectivity index (χ1) is 11.0. The Kier molecular flexibility index (Phi) is 3.55. The van der Waals surface area contributed by atoms with Gasteiger partial charge in [0, 0.05) is 0 Å². The first kappa shape index (κ1) is 15.2. The molecule has 2 fully saturated rings. The van der Waals surface area contributed by atoms with E-state index in [1.807, 2.05) is 28.6 Å². The van der Waals surface area contributed by atoms with Gasteiger partial charge in [-0.2, -0.15) is 0 Å². The molecule has 9 heteroatoms. The van der Waals surface area contributed by atoms with Crippen molar-refractivity contribution in [1.82, 2.24) is 19.5 Å². The summed E-state index contributed by atoms with van der Waals surface area (Å²) < 4.78 is 22.0. The molecular weight excluding hydrogens is 413 g/mol. The zero-order valence-electron chi connectivity index (χ0n) is 12.6. The molecule has 0 amide bonds. The fraction of sp³-hybridized carbons (Fsp3) is 0.500. The van der Waals surface area contributed by atoms with Crippen molar-refractivity contribution in [2.75, 3.05) is 5.73 Å². The van der Waals surface area contributed by atoms with Crippen LogP contribution in [0.4, 0.5) is 5.82 Å². The van der Waals surface area contributed by atoms with Crippen LogP contribution in [-0.4, -0.2) is 43.6 Å². The van der Waals surface area contributed by atoms with Gasteiger partial charge in [-0.05, 0) is 24.0 Å². The number of aromatic nitrogens is 4. The van der Waals surface area contributed by atoms with Gasteiger partial charge < -0.3 is 19.9 Å². The van der Waals surface area contributed by atoms with E-state index in [4.69, 9.17) is 19.9 Å². The quantitative estimate of drug-likeness (QED) is 0.727. The first-order valence-corrected chi connectivity index (χ1v) is 8.46. The summed E-state index contributed by atoms with van der Waals surface area (Å²) in [6.45, 7) is 3.80. The largest absolute Gasteiger partial charge is 0.382 e. The molecule has 0 aliphatic carbocycles. The molecule has 2 aromatic rings. The van der Waals surface area contributed by atoms with E-state index >= 15 is 0 Å². The van der Waals surface area contributed by atoms with Crippen LogP contribution in [0.5, 0.6) is 0 Å². The number of hydrogen-bond donors (Lipinski definition) is 1. The Morgan fingerprint density at radius 2 is 2.04 bits per heavy atom. The highest BCUT2D eigenvalue weighted by atomic mass is 127. The van der Waals surface area contributed by atoms with Crippen molar-refractivity contribution in [3.05, 3.63) is 22.8 Å². The highest BCUT2D eigenvalue weighted by molar-refractivity contribution is 14.1. The molecule has 0 saturated carbocycles. The maximum Gasteiger partial charge on any atom is 0.167 e. The third-order valence-electron chi connectivity index (χ3n) is 3.99. The molecule has 0 bridgehead atoms. The summed E-state index contributed by atoms with van der Waals surface area (Å²) >= 11 is 2.17. The molecule has 23 heavy (non-hydrogen) atoms. The van der Waals surface area contributed by atoms with Crippen LogP contribution in [-0.2, 0) is 14.2 Å². The van der Waals surface area contributed by atoms with Crippen molar-refractivity contribution in [2.24, 2.45) is 0 Å². The van der Waals surface area contributed by atoms with Gasteiger partial charge in [-0.3, -0.25) is 4.57 Å². The number of halogens is 1. The minimum atomic E-state index is -0.654. The number of fused-ring (bicyclic) bond motifs is 2. The van der Waals surface area contributed by atoms with Crippen LogP contribution in [0.1, 0.15) is 20.1 Å². The third-order valence-corrected chi connectivity index (χ3v) is 4.40. The molecule has 2 aliphatic heterocycles. The fourth-order valence-electron chi connectivity index (χ4n) is 3.11. The summed E-state index contributed by atoms with van der Waals surface area (Å²) in [4.78, 5) is 12.5. The number of hydrogen-bond acceptors (Lipinski definition) is 7. The van der Waals surface area contributed by atoms with E-state index in [9.17, 15) is 0 Å². The van der Waals surface area contributed by atoms with E-state index in [2.05, 4.69) is 37.5 Å². The summed E-state index contributed by atoms with van der Waals surface area (Å²) in [7, 11) is 0. The van der Waals surface area contributed by atoms with Crippen LogP contribution in [0.25, 0.3) is 11.2 Å². The van der Waals surface area contributed by atoms with Crippen LogP contribution in [0.2, 0.25) is 0 Å². The molecule has 8 nitrogen and oxygen atoms in total. The molecule has 0 spiro atoms. The molecule has 4 atom stereocenters. The van der Waals surface area contributed by atoms with Crippen LogP contribution >= 0.6 is 22.6 Å². The van der Waals surface area contributed by atoms with Crippen molar-refractivity contribution in [3.8, 4) is 0 Å². The van der Waals surface area contributed by atoms with Crippen molar-refractivity contribution in [1.29, 1.82) is 0 Å². The van der Waals surface area contributed by atoms with E-state index in [0.717, 1.165) is 0 Å². The molecule has 2 saturated heterocycles. The van der Waals surface area contributed by atoms with Crippen molar-refractivity contribution in [2.45, 2.75) is 44.2 Å². The summed E-state index contributed by atoms with van der Waals surface area (Å²) in [5.41, 5.74) is 7.03. The Hall–Kier alpha value is -1.30. The van der Waals surface area contributed by atoms with Gasteiger partial charge in [0.2, 0.25) is 0 Å². The molecule has 4 rings (SSSR count). The minimum absolute atomic E-state index is 0.183. The molecular formula is C14H16IN5O3. The Balaban J connectivity index is 1.77. The number of ether oxygens (including phenoxy) is 3. The van der Waals surface area contributed by atoms with Crippen LogP contribution in [0.15, 0.2) is 22.8 Å². The standard InChI is InChI=1S/C14H16IN5O3/c1-14(2)22-9-7(3-4-15)21-13(10(9)23-14)20-6-19-8-11(16)17-5-18-12(8)20/h3-7,9-10,13H,1-2H3,(H2,16,17,18)/b4-3+/t7-,9-,10-,13-/m1/s1. The Morgan fingerprint density at radius 1 is 1.26 bits per heavy atom. The molecule has 2 N–H and O–H groups in total. The maximum atomic E-state index is 6.13. The minimum Gasteiger partial charge on any atom is -0.382 e. The second kappa shape index (κ2) is 5.36. The molecule has 2 aliphatic rings. The Morgan fingerprint density at radius 3 is 2.83 bits per heavy atom. The molecule has 0 radical (unpaired) electrons. The number of anilines is 1. The summed E-state index contributed by atoms with van der Waals surface area (Å²) in [6.07, 6.45) is 4.02. The highest BCUT2D eigenvalue weighted by Gasteiger charge is 2.55. The predicted octanol–water partition coefficient (Wildman–Crippen LogP) is 1.77. The highest BCUT2D eigenvalue weighted by Crippen LogP contribution is 2.44. The van der Waals surface area contributed by atoms with Gasteiger partial charge in [-0.25, -0.2) is 15.0 Å². The van der Waals surface area contributed by atoms with Crippen LogP contribution in [0.3, 0.4) is 0 Å². The van der Waals surface area contributed by atoms with Gasteiger partial charge in [-0.15, -0.1) is 0 Å². The van der Waals surface area contributed by atoms with E-state index in [1.165, 1.54) is 6.33 Å². The lowest BCUT2D eigenvalue weighted by Gasteiger charge is -2.23. The zero-order valence-corrected chi connectivity index (χ0v) is 14.7. The lowest BCUT2D eigenvalue weighted by Crippen LogP contribution is -2.28. The average Bonchev–Trinajstić information content (AvgIpc) is 3.13. The van der Waals surface area contributed by atoms with Gasteiger partial charge >= 0.3 is 0 Å². The molecule has 122 valence electrons. The van der Waals surface area contributed by atoms with Crippen LogP contribution < -0.4 is 5.73 Å². The monoisotopic (exact) mass is 429 g/mol. The van der Waals surface area contributed by atoms with Crippen molar-refractivity contribution in [3.63, 3.8) is 0 Å². The molecule has 0 unspecified atom stereocenters. The van der Waals surface area contributed by atoms with E-state index < -0.39 is 12.0 Å². The predicted molar refractivity (Wildman–Crippen MR) is 90.6 cm³/mol. The van der Waals surface area contributed by atoms with Gasteiger partial charge in [0.1, 0.15) is 30.2 Å². The number of nitrogens with zero attached hydrogens (tertiary/aromatic N) is 4. The number of imidazole rings is 1. The Labute approximate surface area is 146 Å². The SMILES string of the molecule is CC1(C)O[C@@H]2[C@H](O1)[C@@H](/C=C/I)O[C@H]2n1cnc2c(N)ncnc21. The first-order valence-electron chi connectivity index (χ1n) is 7.21. The Bertz CT molecular complexity index is 777. The number of nitrogens with two attached hydrogens (primary N) is 1. The lowest BCUT2D eigenvalue weighted by molar-refractivity contribution is -0.191. The third kappa shape index (κ3) is 2.42.